The molecule has 1 aliphatic heterocycles. The Morgan fingerprint density at radius 3 is 2.55 bits per heavy atom. The molecular formula is C31H27F3N2O5S. The van der Waals surface area contributed by atoms with Gasteiger partial charge in [-0.2, -0.15) is 13.2 Å². The summed E-state index contributed by atoms with van der Waals surface area (Å²) in [7, 11) is 0. The van der Waals surface area contributed by atoms with Crippen molar-refractivity contribution in [2.75, 3.05) is 6.61 Å². The molecule has 0 saturated heterocycles. The molecule has 0 unspecified atom stereocenters. The van der Waals surface area contributed by atoms with Gasteiger partial charge in [-0.3, -0.25) is 9.36 Å². The summed E-state index contributed by atoms with van der Waals surface area (Å²) < 4.78 is 58.2. The van der Waals surface area contributed by atoms with Gasteiger partial charge in [0, 0.05) is 11.6 Å². The lowest BCUT2D eigenvalue weighted by atomic mass is 9.96. The molecule has 0 amide bonds. The molecule has 4 aromatic rings. The van der Waals surface area contributed by atoms with E-state index in [1.807, 2.05) is 6.92 Å². The quantitative estimate of drug-likeness (QED) is 0.250. The Balaban J connectivity index is 1.59. The van der Waals surface area contributed by atoms with E-state index in [0.717, 1.165) is 23.5 Å². The number of nitrogens with zero attached hydrogens (tertiary/aromatic N) is 2. The minimum Gasteiger partial charge on any atom is -0.494 e. The molecule has 0 spiro atoms. The second kappa shape index (κ2) is 11.5. The van der Waals surface area contributed by atoms with Crippen molar-refractivity contribution in [3.63, 3.8) is 0 Å². The predicted octanol–water partition coefficient (Wildman–Crippen LogP) is 5.86. The van der Waals surface area contributed by atoms with Gasteiger partial charge in [-0.1, -0.05) is 35.6 Å². The maximum atomic E-state index is 13.8. The zero-order valence-corrected chi connectivity index (χ0v) is 24.0. The van der Waals surface area contributed by atoms with Crippen LogP contribution in [-0.4, -0.2) is 23.2 Å². The Morgan fingerprint density at radius 1 is 1.14 bits per heavy atom. The number of alkyl halides is 3. The number of fused-ring (bicyclic) bond motifs is 1. The third-order valence-electron chi connectivity index (χ3n) is 6.47. The first-order valence-electron chi connectivity index (χ1n) is 13.2. The molecule has 0 saturated carbocycles. The summed E-state index contributed by atoms with van der Waals surface area (Å²) >= 11 is 1.12. The van der Waals surface area contributed by atoms with Crippen molar-refractivity contribution < 1.29 is 31.9 Å². The van der Waals surface area contributed by atoms with Gasteiger partial charge in [-0.15, -0.1) is 0 Å². The van der Waals surface area contributed by atoms with Crippen LogP contribution in [0, 0.1) is 0 Å². The lowest BCUT2D eigenvalue weighted by molar-refractivity contribution is -0.143. The van der Waals surface area contributed by atoms with Crippen LogP contribution in [0.15, 0.2) is 86.1 Å². The van der Waals surface area contributed by atoms with Crippen molar-refractivity contribution in [1.29, 1.82) is 0 Å². The summed E-state index contributed by atoms with van der Waals surface area (Å²) in [4.78, 5) is 32.0. The smallest absolute Gasteiger partial charge is 0.416 e. The average Bonchev–Trinajstić information content (AvgIpc) is 3.52. The molecule has 3 heterocycles. The highest BCUT2D eigenvalue weighted by molar-refractivity contribution is 7.07. The number of allylic oxidation sites excluding steroid dienone is 1. The van der Waals surface area contributed by atoms with Gasteiger partial charge < -0.3 is 13.9 Å². The zero-order chi connectivity index (χ0) is 30.2. The Morgan fingerprint density at radius 2 is 1.88 bits per heavy atom. The molecule has 1 atom stereocenters. The summed E-state index contributed by atoms with van der Waals surface area (Å²) in [6.07, 6.45) is -3.35. The third kappa shape index (κ3) is 5.82. The van der Waals surface area contributed by atoms with Gasteiger partial charge in [0.1, 0.15) is 17.3 Å². The molecule has 2 aromatic heterocycles. The van der Waals surface area contributed by atoms with E-state index in [4.69, 9.17) is 13.9 Å². The van der Waals surface area contributed by atoms with Crippen LogP contribution in [0.4, 0.5) is 13.2 Å². The van der Waals surface area contributed by atoms with Crippen LogP contribution in [0.5, 0.6) is 5.75 Å². The Hall–Kier alpha value is -4.38. The Kier molecular flexibility index (Phi) is 7.96. The van der Waals surface area contributed by atoms with Crippen LogP contribution in [0.1, 0.15) is 50.6 Å². The molecule has 0 fully saturated rings. The van der Waals surface area contributed by atoms with Crippen LogP contribution in [0.3, 0.4) is 0 Å². The molecule has 0 bridgehead atoms. The van der Waals surface area contributed by atoms with Gasteiger partial charge in [-0.05, 0) is 69.7 Å². The summed E-state index contributed by atoms with van der Waals surface area (Å²) in [6, 6.07) is 14.3. The highest BCUT2D eigenvalue weighted by Crippen LogP contribution is 2.34. The van der Waals surface area contributed by atoms with Crippen LogP contribution in [0.25, 0.3) is 17.4 Å². The maximum absolute atomic E-state index is 13.8. The molecule has 2 aromatic carbocycles. The molecule has 218 valence electrons. The lowest BCUT2D eigenvalue weighted by Gasteiger charge is -2.25. The molecule has 0 N–H and O–H groups in total. The van der Waals surface area contributed by atoms with Crippen molar-refractivity contribution in [1.82, 2.24) is 4.57 Å². The molecule has 42 heavy (non-hydrogen) atoms. The first-order chi connectivity index (χ1) is 20.0. The van der Waals surface area contributed by atoms with Gasteiger partial charge in [0.2, 0.25) is 0 Å². The number of furan rings is 1. The van der Waals surface area contributed by atoms with E-state index in [1.54, 1.807) is 57.2 Å². The van der Waals surface area contributed by atoms with Gasteiger partial charge in [-0.25, -0.2) is 9.79 Å². The molecule has 11 heteroatoms. The van der Waals surface area contributed by atoms with Crippen LogP contribution < -0.4 is 19.6 Å². The molecular weight excluding hydrogens is 569 g/mol. The molecule has 1 aliphatic rings. The van der Waals surface area contributed by atoms with E-state index in [2.05, 4.69) is 4.99 Å². The van der Waals surface area contributed by atoms with E-state index in [9.17, 15) is 22.8 Å². The number of esters is 1. The van der Waals surface area contributed by atoms with Crippen LogP contribution in [0.2, 0.25) is 0 Å². The van der Waals surface area contributed by atoms with Crippen molar-refractivity contribution in [3.8, 4) is 17.1 Å². The standard InChI is InChI=1S/C31H27F3N2O5S/c1-5-39-22-11-9-19(10-12-22)27-26(29(38)40-17(2)3)18(4)35-30-36(27)28(37)25(42-30)16-23-13-14-24(41-23)20-7-6-8-21(15-20)31(32,33)34/h6-17,27H,5H2,1-4H3/b25-16+/t27-/m0/s1. The summed E-state index contributed by atoms with van der Waals surface area (Å²) in [5.74, 6) is 0.577. The van der Waals surface area contributed by atoms with Crippen molar-refractivity contribution in [3.05, 3.63) is 109 Å². The number of halogens is 3. The maximum Gasteiger partial charge on any atom is 0.416 e. The number of benzene rings is 2. The third-order valence-corrected chi connectivity index (χ3v) is 7.45. The van der Waals surface area contributed by atoms with Crippen molar-refractivity contribution >= 4 is 23.4 Å². The second-order valence-electron chi connectivity index (χ2n) is 9.82. The summed E-state index contributed by atoms with van der Waals surface area (Å²) in [5, 5.41) is 0. The number of rotatable bonds is 7. The van der Waals surface area contributed by atoms with E-state index >= 15 is 0 Å². The number of ether oxygens (including phenoxy) is 2. The topological polar surface area (TPSA) is 83.0 Å². The van der Waals surface area contributed by atoms with Crippen LogP contribution in [-0.2, 0) is 15.7 Å². The fraction of sp³-hybridized carbons (Fsp3) is 0.258. The minimum atomic E-state index is -4.49. The zero-order valence-electron chi connectivity index (χ0n) is 23.2. The van der Waals surface area contributed by atoms with Gasteiger partial charge in [0.05, 0.1) is 40.1 Å². The number of hydrogen-bond acceptors (Lipinski definition) is 7. The fourth-order valence-corrected chi connectivity index (χ4v) is 5.68. The molecule has 0 aliphatic carbocycles. The first kappa shape index (κ1) is 29.1. The average molecular weight is 597 g/mol. The summed E-state index contributed by atoms with van der Waals surface area (Å²) in [5.41, 5.74) is 0.403. The number of thiazole rings is 1. The predicted molar refractivity (Wildman–Crippen MR) is 152 cm³/mol. The van der Waals surface area contributed by atoms with Crippen molar-refractivity contribution in [2.45, 2.75) is 46.0 Å². The largest absolute Gasteiger partial charge is 0.494 e. The van der Waals surface area contributed by atoms with E-state index in [1.165, 1.54) is 22.8 Å². The molecule has 7 nitrogen and oxygen atoms in total. The number of hydrogen-bond donors (Lipinski definition) is 0. The minimum absolute atomic E-state index is 0.224. The SMILES string of the molecule is CCOc1ccc([C@H]2C(C(=O)OC(C)C)=C(C)N=c3s/c(=C/c4ccc(-c5cccc(C(F)(F)F)c5)o4)c(=O)n32)cc1. The summed E-state index contributed by atoms with van der Waals surface area (Å²) in [6.45, 7) is 7.54. The molecule has 5 rings (SSSR count). The highest BCUT2D eigenvalue weighted by atomic mass is 32.1. The Labute approximate surface area is 242 Å². The van der Waals surface area contributed by atoms with E-state index in [0.29, 0.717) is 28.4 Å². The first-order valence-corrected chi connectivity index (χ1v) is 14.0. The molecule has 0 radical (unpaired) electrons. The number of carbonyl (C=O) groups excluding carboxylic acids is 1. The van der Waals surface area contributed by atoms with E-state index < -0.39 is 29.3 Å². The van der Waals surface area contributed by atoms with Gasteiger partial charge in [0.15, 0.2) is 4.80 Å². The normalized spacial score (nSPS) is 15.5. The fourth-order valence-electron chi connectivity index (χ4n) is 4.65. The van der Waals surface area contributed by atoms with Crippen molar-refractivity contribution in [2.24, 2.45) is 4.99 Å². The van der Waals surface area contributed by atoms with Gasteiger partial charge in [0.25, 0.3) is 5.56 Å². The second-order valence-corrected chi connectivity index (χ2v) is 10.8. The van der Waals surface area contributed by atoms with E-state index in [-0.39, 0.29) is 33.3 Å². The monoisotopic (exact) mass is 596 g/mol. The lowest BCUT2D eigenvalue weighted by Crippen LogP contribution is -2.40. The van der Waals surface area contributed by atoms with Gasteiger partial charge >= 0.3 is 12.1 Å². The number of aromatic nitrogens is 1. The van der Waals surface area contributed by atoms with Crippen LogP contribution >= 0.6 is 11.3 Å². The Bertz CT molecular complexity index is 1850. The highest BCUT2D eigenvalue weighted by Gasteiger charge is 2.34. The number of carbonyl (C=O) groups is 1.